The van der Waals surface area contributed by atoms with Gasteiger partial charge in [0.05, 0.1) is 5.69 Å². The summed E-state index contributed by atoms with van der Waals surface area (Å²) in [6.07, 6.45) is 0.928. The van der Waals surface area contributed by atoms with Crippen molar-refractivity contribution in [3.63, 3.8) is 0 Å². The Morgan fingerprint density at radius 2 is 2.13 bits per heavy atom. The largest absolute Gasteiger partial charge is 0.337 e. The van der Waals surface area contributed by atoms with Crippen LogP contribution in [0.1, 0.15) is 28.7 Å². The zero-order chi connectivity index (χ0) is 16.6. The van der Waals surface area contributed by atoms with E-state index in [1.54, 1.807) is 12.1 Å². The van der Waals surface area contributed by atoms with Gasteiger partial charge in [-0.1, -0.05) is 6.92 Å². The number of hydrogen-bond donors (Lipinski definition) is 1. The predicted octanol–water partition coefficient (Wildman–Crippen LogP) is 3.07. The minimum atomic E-state index is -0.281. The summed E-state index contributed by atoms with van der Waals surface area (Å²) in [5.41, 5.74) is 7.37. The third-order valence-electron chi connectivity index (χ3n) is 4.42. The van der Waals surface area contributed by atoms with Crippen LogP contribution in [0.15, 0.2) is 24.3 Å². The average Bonchev–Trinajstić information content (AvgIpc) is 3.12. The molecular weight excluding hydrogens is 313 g/mol. The highest BCUT2D eigenvalue weighted by atomic mass is 32.1. The monoisotopic (exact) mass is 333 g/mol. The number of likely N-dealkylation sites (tertiary alicyclic amines) is 1. The Morgan fingerprint density at radius 3 is 2.74 bits per heavy atom. The van der Waals surface area contributed by atoms with Gasteiger partial charge in [-0.05, 0) is 49.6 Å². The summed E-state index contributed by atoms with van der Waals surface area (Å²) in [6, 6.07) is 6.17. The van der Waals surface area contributed by atoms with E-state index in [1.165, 1.54) is 23.5 Å². The number of amides is 1. The van der Waals surface area contributed by atoms with E-state index < -0.39 is 0 Å². The van der Waals surface area contributed by atoms with Gasteiger partial charge >= 0.3 is 0 Å². The summed E-state index contributed by atoms with van der Waals surface area (Å²) in [5.74, 6) is -0.262. The standard InChI is InChI=1S/C17H20FN3OS/c1-11-14(16(22)21-8-7-17(2,9-19)10-21)23-15(20-11)12-3-5-13(18)6-4-12/h3-6H,7-10,19H2,1-2H3. The van der Waals surface area contributed by atoms with E-state index in [1.807, 2.05) is 11.8 Å². The Balaban J connectivity index is 1.84. The number of thiazole rings is 1. The summed E-state index contributed by atoms with van der Waals surface area (Å²) in [4.78, 5) is 19.8. The Kier molecular flexibility index (Phi) is 4.21. The fraction of sp³-hybridized carbons (Fsp3) is 0.412. The first-order valence-electron chi connectivity index (χ1n) is 7.64. The fourth-order valence-corrected chi connectivity index (χ4v) is 3.86. The second-order valence-corrected chi connectivity index (χ2v) is 7.43. The number of benzene rings is 1. The smallest absolute Gasteiger partial charge is 0.265 e. The number of aromatic nitrogens is 1. The van der Waals surface area contributed by atoms with Crippen LogP contribution in [0.5, 0.6) is 0 Å². The zero-order valence-corrected chi connectivity index (χ0v) is 14.1. The second kappa shape index (κ2) is 6.02. The van der Waals surface area contributed by atoms with Crippen molar-refractivity contribution in [3.05, 3.63) is 40.7 Å². The summed E-state index contributed by atoms with van der Waals surface area (Å²) in [7, 11) is 0. The minimum Gasteiger partial charge on any atom is -0.337 e. The third-order valence-corrected chi connectivity index (χ3v) is 5.61. The van der Waals surface area contributed by atoms with E-state index in [2.05, 4.69) is 11.9 Å². The lowest BCUT2D eigenvalue weighted by Crippen LogP contribution is -2.34. The molecule has 23 heavy (non-hydrogen) atoms. The molecule has 1 fully saturated rings. The van der Waals surface area contributed by atoms with Gasteiger partial charge in [0.25, 0.3) is 5.91 Å². The number of carbonyl (C=O) groups is 1. The predicted molar refractivity (Wildman–Crippen MR) is 89.9 cm³/mol. The summed E-state index contributed by atoms with van der Waals surface area (Å²) in [6.45, 7) is 5.96. The first-order chi connectivity index (χ1) is 10.9. The number of aryl methyl sites for hydroxylation is 1. The van der Waals surface area contributed by atoms with Crippen LogP contribution in [0.25, 0.3) is 10.6 Å². The maximum Gasteiger partial charge on any atom is 0.265 e. The molecule has 3 rings (SSSR count). The van der Waals surface area contributed by atoms with Gasteiger partial charge in [0, 0.05) is 18.7 Å². The number of nitrogens with two attached hydrogens (primary N) is 1. The normalized spacial score (nSPS) is 21.0. The molecule has 1 aliphatic heterocycles. The highest BCUT2D eigenvalue weighted by Gasteiger charge is 2.36. The summed E-state index contributed by atoms with van der Waals surface area (Å²) < 4.78 is 13.0. The number of nitrogens with zero attached hydrogens (tertiary/aromatic N) is 2. The third kappa shape index (κ3) is 3.14. The van der Waals surface area contributed by atoms with Crippen LogP contribution in [0.3, 0.4) is 0 Å². The lowest BCUT2D eigenvalue weighted by Gasteiger charge is -2.22. The molecule has 1 atom stereocenters. The average molecular weight is 333 g/mol. The molecule has 0 bridgehead atoms. The molecule has 1 aliphatic rings. The van der Waals surface area contributed by atoms with Gasteiger partial charge in [-0.15, -0.1) is 11.3 Å². The zero-order valence-electron chi connectivity index (χ0n) is 13.3. The molecule has 6 heteroatoms. The van der Waals surface area contributed by atoms with Crippen molar-refractivity contribution in [2.75, 3.05) is 19.6 Å². The molecule has 2 aromatic rings. The van der Waals surface area contributed by atoms with Gasteiger partial charge in [0.15, 0.2) is 0 Å². The fourth-order valence-electron chi connectivity index (χ4n) is 2.82. The molecule has 4 nitrogen and oxygen atoms in total. The van der Waals surface area contributed by atoms with Crippen molar-refractivity contribution in [2.24, 2.45) is 11.1 Å². The molecule has 1 aromatic heterocycles. The van der Waals surface area contributed by atoms with E-state index in [0.29, 0.717) is 18.0 Å². The van der Waals surface area contributed by atoms with Crippen LogP contribution in [-0.4, -0.2) is 35.4 Å². The first-order valence-corrected chi connectivity index (χ1v) is 8.46. The highest BCUT2D eigenvalue weighted by molar-refractivity contribution is 7.17. The molecule has 0 aliphatic carbocycles. The molecule has 1 saturated heterocycles. The van der Waals surface area contributed by atoms with Crippen LogP contribution >= 0.6 is 11.3 Å². The Bertz CT molecular complexity index is 728. The van der Waals surface area contributed by atoms with E-state index in [4.69, 9.17) is 5.73 Å². The highest BCUT2D eigenvalue weighted by Crippen LogP contribution is 2.33. The quantitative estimate of drug-likeness (QED) is 0.939. The summed E-state index contributed by atoms with van der Waals surface area (Å²) >= 11 is 1.37. The van der Waals surface area contributed by atoms with Crippen molar-refractivity contribution < 1.29 is 9.18 Å². The number of carbonyl (C=O) groups excluding carboxylic acids is 1. The van der Waals surface area contributed by atoms with Gasteiger partial charge < -0.3 is 10.6 Å². The molecule has 2 N–H and O–H groups in total. The summed E-state index contributed by atoms with van der Waals surface area (Å²) in [5, 5.41) is 0.742. The van der Waals surface area contributed by atoms with Gasteiger partial charge in [-0.2, -0.15) is 0 Å². The van der Waals surface area contributed by atoms with Crippen LogP contribution in [0, 0.1) is 18.2 Å². The van der Waals surface area contributed by atoms with Gasteiger partial charge in [-0.3, -0.25) is 4.79 Å². The lowest BCUT2D eigenvalue weighted by molar-refractivity contribution is 0.0780. The van der Waals surface area contributed by atoms with E-state index in [-0.39, 0.29) is 17.1 Å². The van der Waals surface area contributed by atoms with Crippen LogP contribution < -0.4 is 5.73 Å². The molecule has 1 unspecified atom stereocenters. The molecule has 2 heterocycles. The van der Waals surface area contributed by atoms with Gasteiger partial charge in [-0.25, -0.2) is 9.37 Å². The second-order valence-electron chi connectivity index (χ2n) is 6.43. The van der Waals surface area contributed by atoms with Gasteiger partial charge in [0.1, 0.15) is 15.7 Å². The molecule has 0 radical (unpaired) electrons. The van der Waals surface area contributed by atoms with Crippen molar-refractivity contribution in [3.8, 4) is 10.6 Å². The first kappa shape index (κ1) is 16.1. The molecule has 1 aromatic carbocycles. The Morgan fingerprint density at radius 1 is 1.43 bits per heavy atom. The SMILES string of the molecule is Cc1nc(-c2ccc(F)cc2)sc1C(=O)N1CCC(C)(CN)C1. The number of rotatable bonds is 3. The molecule has 122 valence electrons. The maximum absolute atomic E-state index is 13.0. The van der Waals surface area contributed by atoms with Crippen LogP contribution in [-0.2, 0) is 0 Å². The van der Waals surface area contributed by atoms with E-state index >= 15 is 0 Å². The van der Waals surface area contributed by atoms with Crippen molar-refractivity contribution >= 4 is 17.2 Å². The Labute approximate surface area is 139 Å². The number of hydrogen-bond acceptors (Lipinski definition) is 4. The lowest BCUT2D eigenvalue weighted by atomic mass is 9.90. The van der Waals surface area contributed by atoms with Crippen molar-refractivity contribution in [1.82, 2.24) is 9.88 Å². The topological polar surface area (TPSA) is 59.2 Å². The van der Waals surface area contributed by atoms with Gasteiger partial charge in [0.2, 0.25) is 0 Å². The molecular formula is C17H20FN3OS. The molecule has 0 spiro atoms. The van der Waals surface area contributed by atoms with E-state index in [9.17, 15) is 9.18 Å². The van der Waals surface area contributed by atoms with Crippen molar-refractivity contribution in [2.45, 2.75) is 20.3 Å². The van der Waals surface area contributed by atoms with Crippen LogP contribution in [0.4, 0.5) is 4.39 Å². The van der Waals surface area contributed by atoms with E-state index in [0.717, 1.165) is 29.2 Å². The molecule has 0 saturated carbocycles. The maximum atomic E-state index is 13.0. The Hall–Kier alpha value is -1.79. The van der Waals surface area contributed by atoms with Crippen LogP contribution in [0.2, 0.25) is 0 Å². The van der Waals surface area contributed by atoms with Crippen molar-refractivity contribution in [1.29, 1.82) is 0 Å². The number of halogens is 1. The minimum absolute atomic E-state index is 0.00798. The molecule has 1 amide bonds.